The smallest absolute Gasteiger partial charge is 0.251 e. The van der Waals surface area contributed by atoms with E-state index in [-0.39, 0.29) is 18.3 Å². The van der Waals surface area contributed by atoms with Gasteiger partial charge in [0.1, 0.15) is 0 Å². The molecule has 2 aromatic rings. The fraction of sp³-hybridized carbons (Fsp3) is 0.273. The second-order valence-corrected chi connectivity index (χ2v) is 6.56. The first-order chi connectivity index (χ1) is 13.2. The van der Waals surface area contributed by atoms with E-state index >= 15 is 0 Å². The number of aliphatic imine (C=N–C) groups is 1. The van der Waals surface area contributed by atoms with Crippen LogP contribution in [0.2, 0.25) is 0 Å². The zero-order chi connectivity index (χ0) is 19.1. The molecule has 1 amide bonds. The third kappa shape index (κ3) is 5.44. The van der Waals surface area contributed by atoms with E-state index in [4.69, 9.17) is 10.7 Å². The molecule has 0 saturated heterocycles. The molecule has 0 radical (unpaired) electrons. The van der Waals surface area contributed by atoms with Crippen LogP contribution in [0, 0.1) is 0 Å². The van der Waals surface area contributed by atoms with E-state index in [9.17, 15) is 4.79 Å². The molecule has 3 N–H and O–H groups in total. The summed E-state index contributed by atoms with van der Waals surface area (Å²) in [6.07, 6.45) is 4.87. The molecular weight excluding hydrogens is 372 g/mol. The molecule has 0 saturated carbocycles. The van der Waals surface area contributed by atoms with Crippen LogP contribution in [0.3, 0.4) is 0 Å². The van der Waals surface area contributed by atoms with E-state index in [2.05, 4.69) is 35.5 Å². The Morgan fingerprint density at radius 2 is 1.93 bits per heavy atom. The fourth-order valence-corrected chi connectivity index (χ4v) is 3.02. The van der Waals surface area contributed by atoms with Crippen LogP contribution in [-0.4, -0.2) is 44.8 Å². The summed E-state index contributed by atoms with van der Waals surface area (Å²) in [6, 6.07) is 15.9. The van der Waals surface area contributed by atoms with E-state index in [0.717, 1.165) is 36.3 Å². The first kappa shape index (κ1) is 21.7. The Morgan fingerprint density at radius 3 is 2.68 bits per heavy atom. The molecule has 0 unspecified atom stereocenters. The fourth-order valence-electron chi connectivity index (χ4n) is 3.02. The van der Waals surface area contributed by atoms with Crippen LogP contribution >= 0.6 is 12.4 Å². The van der Waals surface area contributed by atoms with E-state index in [1.807, 2.05) is 42.5 Å². The summed E-state index contributed by atoms with van der Waals surface area (Å²) in [5.74, 6) is -0.0657. The minimum absolute atomic E-state index is 0. The molecule has 2 aromatic carbocycles. The van der Waals surface area contributed by atoms with Crippen LogP contribution in [0.4, 0.5) is 5.69 Å². The van der Waals surface area contributed by atoms with E-state index < -0.39 is 0 Å². The van der Waals surface area contributed by atoms with Crippen LogP contribution in [0.15, 0.2) is 59.6 Å². The number of hydrogen-bond donors (Lipinski definition) is 2. The highest BCUT2D eigenvalue weighted by molar-refractivity contribution is 6.14. The lowest BCUT2D eigenvalue weighted by molar-refractivity contribution is 0.0953. The SMILES string of the molecule is CN1CCN=C(C=Cc2ccc(C(=O)NCCCN)cc2)c2ccccc21.Cl. The highest BCUT2D eigenvalue weighted by Gasteiger charge is 2.13. The molecule has 0 aromatic heterocycles. The number of amides is 1. The summed E-state index contributed by atoms with van der Waals surface area (Å²) < 4.78 is 0. The molecule has 28 heavy (non-hydrogen) atoms. The van der Waals surface area contributed by atoms with Crippen molar-refractivity contribution in [1.29, 1.82) is 0 Å². The minimum Gasteiger partial charge on any atom is -0.372 e. The normalized spacial score (nSPS) is 13.4. The van der Waals surface area contributed by atoms with Gasteiger partial charge in [-0.2, -0.15) is 0 Å². The number of carbonyl (C=O) groups is 1. The van der Waals surface area contributed by atoms with E-state index in [0.29, 0.717) is 18.7 Å². The largest absolute Gasteiger partial charge is 0.372 e. The number of para-hydroxylation sites is 1. The van der Waals surface area contributed by atoms with Gasteiger partial charge in [-0.1, -0.05) is 36.4 Å². The topological polar surface area (TPSA) is 70.7 Å². The van der Waals surface area contributed by atoms with Crippen molar-refractivity contribution < 1.29 is 4.79 Å². The maximum atomic E-state index is 12.0. The van der Waals surface area contributed by atoms with Crippen molar-refractivity contribution >= 4 is 35.8 Å². The maximum Gasteiger partial charge on any atom is 0.251 e. The molecule has 5 nitrogen and oxygen atoms in total. The van der Waals surface area contributed by atoms with Gasteiger partial charge >= 0.3 is 0 Å². The first-order valence-electron chi connectivity index (χ1n) is 9.30. The Balaban J connectivity index is 0.00000280. The highest BCUT2D eigenvalue weighted by Crippen LogP contribution is 2.23. The Hall–Kier alpha value is -2.63. The van der Waals surface area contributed by atoms with Crippen LogP contribution in [0.5, 0.6) is 0 Å². The van der Waals surface area contributed by atoms with Gasteiger partial charge in [-0.15, -0.1) is 12.4 Å². The van der Waals surface area contributed by atoms with Crippen molar-refractivity contribution in [2.75, 3.05) is 38.1 Å². The molecule has 1 heterocycles. The molecule has 3 rings (SSSR count). The lowest BCUT2D eigenvalue weighted by atomic mass is 10.0. The van der Waals surface area contributed by atoms with Gasteiger partial charge in [-0.3, -0.25) is 9.79 Å². The zero-order valence-corrected chi connectivity index (χ0v) is 16.9. The summed E-state index contributed by atoms with van der Waals surface area (Å²) in [4.78, 5) is 19.0. The quantitative estimate of drug-likeness (QED) is 0.734. The number of carbonyl (C=O) groups excluding carboxylic acids is 1. The average Bonchev–Trinajstić information content (AvgIpc) is 2.86. The zero-order valence-electron chi connectivity index (χ0n) is 16.1. The molecule has 1 aliphatic rings. The van der Waals surface area contributed by atoms with Gasteiger partial charge in [0.2, 0.25) is 0 Å². The van der Waals surface area contributed by atoms with Crippen LogP contribution < -0.4 is 16.0 Å². The third-order valence-electron chi connectivity index (χ3n) is 4.58. The number of halogens is 1. The summed E-state index contributed by atoms with van der Waals surface area (Å²) in [7, 11) is 2.10. The summed E-state index contributed by atoms with van der Waals surface area (Å²) in [5.41, 5.74) is 10.5. The Morgan fingerprint density at radius 1 is 1.18 bits per heavy atom. The number of benzodiazepines with no additional fused rings is 1. The Kier molecular flexibility index (Phi) is 8.23. The lowest BCUT2D eigenvalue weighted by Gasteiger charge is -2.18. The van der Waals surface area contributed by atoms with Gasteiger partial charge in [-0.05, 0) is 42.8 Å². The number of nitrogens with zero attached hydrogens (tertiary/aromatic N) is 2. The molecule has 1 aliphatic heterocycles. The number of hydrogen-bond acceptors (Lipinski definition) is 4. The maximum absolute atomic E-state index is 12.0. The van der Waals surface area contributed by atoms with Crippen LogP contribution in [0.1, 0.15) is 27.9 Å². The monoisotopic (exact) mass is 398 g/mol. The van der Waals surface area contributed by atoms with Crippen molar-refractivity contribution in [3.05, 3.63) is 71.3 Å². The first-order valence-corrected chi connectivity index (χ1v) is 9.30. The van der Waals surface area contributed by atoms with Gasteiger partial charge in [0.15, 0.2) is 0 Å². The standard InChI is InChI=1S/C22H26N4O.ClH/c1-26-16-15-24-20(19-5-2-3-6-21(19)26)12-9-17-7-10-18(11-8-17)22(27)25-14-4-13-23;/h2-3,5-12H,4,13-16,23H2,1H3,(H,25,27);1H. The number of rotatable bonds is 6. The Labute approximate surface area is 172 Å². The molecular formula is C22H27ClN4O. The van der Waals surface area contributed by atoms with E-state index in [1.54, 1.807) is 0 Å². The highest BCUT2D eigenvalue weighted by atomic mass is 35.5. The van der Waals surface area contributed by atoms with Crippen LogP contribution in [-0.2, 0) is 0 Å². The predicted molar refractivity (Wildman–Crippen MR) is 120 cm³/mol. The summed E-state index contributed by atoms with van der Waals surface area (Å²) >= 11 is 0. The molecule has 148 valence electrons. The van der Waals surface area contributed by atoms with Gasteiger partial charge in [0.25, 0.3) is 5.91 Å². The van der Waals surface area contributed by atoms with Gasteiger partial charge < -0.3 is 16.0 Å². The Bertz CT molecular complexity index is 846. The van der Waals surface area contributed by atoms with Crippen molar-refractivity contribution in [1.82, 2.24) is 5.32 Å². The van der Waals surface area contributed by atoms with Crippen molar-refractivity contribution in [2.24, 2.45) is 10.7 Å². The number of anilines is 1. The third-order valence-corrected chi connectivity index (χ3v) is 4.58. The molecule has 0 spiro atoms. The molecule has 6 heteroatoms. The van der Waals surface area contributed by atoms with Gasteiger partial charge in [0, 0.05) is 37.0 Å². The number of nitrogens with two attached hydrogens (primary N) is 1. The lowest BCUT2D eigenvalue weighted by Crippen LogP contribution is -2.25. The van der Waals surface area contributed by atoms with Crippen molar-refractivity contribution in [3.63, 3.8) is 0 Å². The van der Waals surface area contributed by atoms with E-state index in [1.165, 1.54) is 5.69 Å². The number of allylic oxidation sites excluding steroid dienone is 1. The van der Waals surface area contributed by atoms with Crippen molar-refractivity contribution in [3.8, 4) is 0 Å². The molecule has 0 bridgehead atoms. The molecule has 0 fully saturated rings. The van der Waals surface area contributed by atoms with Gasteiger partial charge in [-0.25, -0.2) is 0 Å². The molecule has 0 atom stereocenters. The molecule has 0 aliphatic carbocycles. The van der Waals surface area contributed by atoms with Crippen LogP contribution in [0.25, 0.3) is 6.08 Å². The predicted octanol–water partition coefficient (Wildman–Crippen LogP) is 3.14. The minimum atomic E-state index is -0.0657. The second kappa shape index (κ2) is 10.6. The van der Waals surface area contributed by atoms with Crippen molar-refractivity contribution in [2.45, 2.75) is 6.42 Å². The average molecular weight is 399 g/mol. The second-order valence-electron chi connectivity index (χ2n) is 6.56. The number of nitrogens with one attached hydrogen (secondary N) is 1. The van der Waals surface area contributed by atoms with Gasteiger partial charge in [0.05, 0.1) is 12.3 Å². The number of benzene rings is 2. The number of likely N-dealkylation sites (N-methyl/N-ethyl adjacent to an activating group) is 1. The summed E-state index contributed by atoms with van der Waals surface area (Å²) in [5, 5.41) is 2.86. The number of fused-ring (bicyclic) bond motifs is 1. The summed E-state index contributed by atoms with van der Waals surface area (Å²) in [6.45, 7) is 2.85.